The van der Waals surface area contributed by atoms with Crippen LogP contribution < -0.4 is 10.6 Å². The van der Waals surface area contributed by atoms with Crippen LogP contribution in [0.5, 0.6) is 0 Å². The van der Waals surface area contributed by atoms with Gasteiger partial charge in [0.1, 0.15) is 0 Å². The molecule has 0 aromatic heterocycles. The van der Waals surface area contributed by atoms with Gasteiger partial charge in [0.05, 0.1) is 10.7 Å². The molecule has 0 atom stereocenters. The van der Waals surface area contributed by atoms with Crippen LogP contribution in [0.4, 0.5) is 10.5 Å². The minimum atomic E-state index is -0.283. The molecule has 0 spiro atoms. The normalized spacial score (nSPS) is 11.6. The van der Waals surface area contributed by atoms with E-state index in [1.165, 1.54) is 0 Å². The van der Waals surface area contributed by atoms with E-state index in [2.05, 4.69) is 24.5 Å². The van der Waals surface area contributed by atoms with Gasteiger partial charge in [0, 0.05) is 6.20 Å². The van der Waals surface area contributed by atoms with Crippen molar-refractivity contribution in [3.63, 3.8) is 0 Å². The van der Waals surface area contributed by atoms with Crippen molar-refractivity contribution in [1.82, 2.24) is 5.32 Å². The quantitative estimate of drug-likeness (QED) is 0.832. The molecule has 0 bridgehead atoms. The summed E-state index contributed by atoms with van der Waals surface area (Å²) in [5.74, 6) is 0.407. The molecule has 4 heteroatoms. The summed E-state index contributed by atoms with van der Waals surface area (Å²) < 4.78 is 0. The van der Waals surface area contributed by atoms with Crippen molar-refractivity contribution in [3.8, 4) is 0 Å². The molecule has 1 rings (SSSR count). The van der Waals surface area contributed by atoms with Crippen molar-refractivity contribution in [2.45, 2.75) is 34.6 Å². The Morgan fingerprint density at radius 1 is 1.32 bits per heavy atom. The van der Waals surface area contributed by atoms with Gasteiger partial charge in [-0.05, 0) is 43.9 Å². The second kappa shape index (κ2) is 6.62. The van der Waals surface area contributed by atoms with Gasteiger partial charge in [-0.15, -0.1) is 0 Å². The van der Waals surface area contributed by atoms with Crippen LogP contribution in [0, 0.1) is 19.8 Å². The number of anilines is 1. The number of rotatable bonds is 3. The zero-order valence-electron chi connectivity index (χ0n) is 12.1. The van der Waals surface area contributed by atoms with Crippen LogP contribution >= 0.6 is 11.6 Å². The van der Waals surface area contributed by atoms with E-state index in [1.54, 1.807) is 6.20 Å². The van der Waals surface area contributed by atoms with Crippen molar-refractivity contribution in [2.24, 2.45) is 5.92 Å². The average molecular weight is 281 g/mol. The highest BCUT2D eigenvalue weighted by Gasteiger charge is 2.08. The number of hydrogen-bond acceptors (Lipinski definition) is 1. The molecule has 0 aliphatic heterocycles. The topological polar surface area (TPSA) is 41.1 Å². The molecule has 1 aromatic rings. The predicted molar refractivity (Wildman–Crippen MR) is 81.7 cm³/mol. The van der Waals surface area contributed by atoms with E-state index in [-0.39, 0.29) is 6.03 Å². The van der Waals surface area contributed by atoms with E-state index in [0.29, 0.717) is 16.6 Å². The van der Waals surface area contributed by atoms with E-state index in [1.807, 2.05) is 32.9 Å². The number of carbonyl (C=O) groups is 1. The predicted octanol–water partition coefficient (Wildman–Crippen LogP) is 4.64. The van der Waals surface area contributed by atoms with Gasteiger partial charge in [0.25, 0.3) is 0 Å². The highest BCUT2D eigenvalue weighted by Crippen LogP contribution is 2.27. The summed E-state index contributed by atoms with van der Waals surface area (Å²) in [4.78, 5) is 11.8. The van der Waals surface area contributed by atoms with Gasteiger partial charge in [-0.1, -0.05) is 37.1 Å². The fourth-order valence-corrected chi connectivity index (χ4v) is 1.94. The zero-order valence-corrected chi connectivity index (χ0v) is 12.9. The highest BCUT2D eigenvalue weighted by molar-refractivity contribution is 6.34. The van der Waals surface area contributed by atoms with Gasteiger partial charge >= 0.3 is 6.03 Å². The van der Waals surface area contributed by atoms with Crippen LogP contribution in [0.1, 0.15) is 31.9 Å². The maximum absolute atomic E-state index is 11.8. The summed E-state index contributed by atoms with van der Waals surface area (Å²) in [6.45, 7) is 10.0. The summed E-state index contributed by atoms with van der Waals surface area (Å²) >= 11 is 6.13. The second-order valence-corrected chi connectivity index (χ2v) is 5.49. The monoisotopic (exact) mass is 280 g/mol. The molecule has 104 valence electrons. The number of carbonyl (C=O) groups excluding carboxylic acids is 1. The molecule has 0 unspecified atom stereocenters. The van der Waals surface area contributed by atoms with E-state index in [9.17, 15) is 4.79 Å². The summed E-state index contributed by atoms with van der Waals surface area (Å²) in [5.41, 5.74) is 3.79. The van der Waals surface area contributed by atoms with Crippen LogP contribution in [-0.4, -0.2) is 6.03 Å². The molecule has 0 saturated carbocycles. The number of amides is 2. The maximum atomic E-state index is 11.8. The van der Waals surface area contributed by atoms with Crippen LogP contribution in [-0.2, 0) is 0 Å². The Morgan fingerprint density at radius 2 is 1.95 bits per heavy atom. The summed E-state index contributed by atoms with van der Waals surface area (Å²) in [6, 6.07) is 3.53. The molecule has 0 heterocycles. The van der Waals surface area contributed by atoms with Gasteiger partial charge in [-0.2, -0.15) is 0 Å². The molecular weight excluding hydrogens is 260 g/mol. The molecule has 2 N–H and O–H groups in total. The van der Waals surface area contributed by atoms with Crippen molar-refractivity contribution in [3.05, 3.63) is 40.1 Å². The van der Waals surface area contributed by atoms with Crippen molar-refractivity contribution < 1.29 is 4.79 Å². The minimum Gasteiger partial charge on any atom is -0.314 e. The number of halogens is 1. The first-order valence-electron chi connectivity index (χ1n) is 6.32. The lowest BCUT2D eigenvalue weighted by atomic mass is 10.1. The highest BCUT2D eigenvalue weighted by atomic mass is 35.5. The van der Waals surface area contributed by atoms with Crippen molar-refractivity contribution in [2.75, 3.05) is 5.32 Å². The van der Waals surface area contributed by atoms with E-state index in [0.717, 1.165) is 16.7 Å². The zero-order chi connectivity index (χ0) is 14.6. The summed E-state index contributed by atoms with van der Waals surface area (Å²) in [6.07, 6.45) is 1.72. The number of allylic oxidation sites excluding steroid dienone is 1. The first kappa shape index (κ1) is 15.6. The Labute approximate surface area is 120 Å². The van der Waals surface area contributed by atoms with Gasteiger partial charge in [-0.3, -0.25) is 0 Å². The Bertz CT molecular complexity index is 484. The Kier molecular flexibility index (Phi) is 5.43. The minimum absolute atomic E-state index is 0.283. The fraction of sp³-hybridized carbons (Fsp3) is 0.400. The number of nitrogens with one attached hydrogen (secondary N) is 2. The first-order valence-corrected chi connectivity index (χ1v) is 6.70. The van der Waals surface area contributed by atoms with E-state index in [4.69, 9.17) is 11.6 Å². The number of hydrogen-bond donors (Lipinski definition) is 2. The molecule has 2 amide bonds. The van der Waals surface area contributed by atoms with Gasteiger partial charge in [0.2, 0.25) is 0 Å². The number of aryl methyl sites for hydroxylation is 2. The van der Waals surface area contributed by atoms with Crippen LogP contribution in [0.25, 0.3) is 0 Å². The lowest BCUT2D eigenvalue weighted by Gasteiger charge is -2.12. The maximum Gasteiger partial charge on any atom is 0.323 e. The van der Waals surface area contributed by atoms with E-state index >= 15 is 0 Å². The Balaban J connectivity index is 2.76. The number of urea groups is 1. The van der Waals surface area contributed by atoms with Gasteiger partial charge < -0.3 is 10.6 Å². The Hall–Kier alpha value is -1.48. The SMILES string of the molecule is C/C(=C\NC(=O)Nc1c(C)cc(C)cc1Cl)C(C)C. The summed E-state index contributed by atoms with van der Waals surface area (Å²) in [5, 5.41) is 6.04. The molecule has 1 aromatic carbocycles. The number of benzene rings is 1. The van der Waals surface area contributed by atoms with Gasteiger partial charge in [0.15, 0.2) is 0 Å². The third-order valence-electron chi connectivity index (χ3n) is 3.01. The molecular formula is C15H21ClN2O. The lowest BCUT2D eigenvalue weighted by Crippen LogP contribution is -2.25. The molecule has 0 fully saturated rings. The second-order valence-electron chi connectivity index (χ2n) is 5.08. The van der Waals surface area contributed by atoms with Crippen LogP contribution in [0.15, 0.2) is 23.9 Å². The summed E-state index contributed by atoms with van der Waals surface area (Å²) in [7, 11) is 0. The molecule has 0 aliphatic rings. The lowest BCUT2D eigenvalue weighted by molar-refractivity contribution is 0.255. The average Bonchev–Trinajstić information content (AvgIpc) is 2.30. The van der Waals surface area contributed by atoms with Crippen molar-refractivity contribution >= 4 is 23.3 Å². The van der Waals surface area contributed by atoms with Gasteiger partial charge in [-0.25, -0.2) is 4.79 Å². The molecule has 0 radical (unpaired) electrons. The molecule has 19 heavy (non-hydrogen) atoms. The van der Waals surface area contributed by atoms with Crippen LogP contribution in [0.3, 0.4) is 0 Å². The van der Waals surface area contributed by atoms with Crippen molar-refractivity contribution in [1.29, 1.82) is 0 Å². The fourth-order valence-electron chi connectivity index (χ4n) is 1.57. The molecule has 0 saturated heterocycles. The third-order valence-corrected chi connectivity index (χ3v) is 3.31. The smallest absolute Gasteiger partial charge is 0.314 e. The molecule has 3 nitrogen and oxygen atoms in total. The standard InChI is InChI=1S/C15H21ClN2O/c1-9(2)12(5)8-17-15(19)18-14-11(4)6-10(3)7-13(14)16/h6-9H,1-5H3,(H2,17,18,19)/b12-8+. The molecule has 0 aliphatic carbocycles. The van der Waals surface area contributed by atoms with E-state index < -0.39 is 0 Å². The largest absolute Gasteiger partial charge is 0.323 e. The van der Waals surface area contributed by atoms with Crippen LogP contribution in [0.2, 0.25) is 5.02 Å². The third kappa shape index (κ3) is 4.60. The first-order chi connectivity index (χ1) is 8.81. The Morgan fingerprint density at radius 3 is 2.47 bits per heavy atom.